The number of aromatic nitrogens is 1. The van der Waals surface area contributed by atoms with E-state index < -0.39 is 29.3 Å². The number of hydrogen-bond donors (Lipinski definition) is 2. The minimum Gasteiger partial charge on any atom is -0.494 e. The van der Waals surface area contributed by atoms with Crippen LogP contribution in [0, 0.1) is 0 Å². The Bertz CT molecular complexity index is 903. The van der Waals surface area contributed by atoms with E-state index in [1.54, 1.807) is 19.1 Å². The first-order chi connectivity index (χ1) is 11.1. The third-order valence-electron chi connectivity index (χ3n) is 4.41. The molecule has 2 aliphatic heterocycles. The van der Waals surface area contributed by atoms with E-state index in [0.717, 1.165) is 22.8 Å². The number of alkyl halides is 3. The SMILES string of the molecule is CC12C=CC(O1)c1c2c(O)n(-c2cc(C(F)(F)F)ccc2Cl)c1O. The molecule has 0 fully saturated rings. The number of fused-ring (bicyclic) bond motifs is 5. The van der Waals surface area contributed by atoms with Crippen LogP contribution in [0.4, 0.5) is 13.2 Å². The lowest BCUT2D eigenvalue weighted by molar-refractivity contribution is -0.137. The van der Waals surface area contributed by atoms with Crippen molar-refractivity contribution in [3.05, 3.63) is 52.1 Å². The van der Waals surface area contributed by atoms with Gasteiger partial charge in [0.15, 0.2) is 0 Å². The number of rotatable bonds is 1. The average molecular weight is 358 g/mol. The highest BCUT2D eigenvalue weighted by Crippen LogP contribution is 2.58. The summed E-state index contributed by atoms with van der Waals surface area (Å²) in [6, 6.07) is 2.71. The molecule has 2 atom stereocenters. The molecule has 1 aromatic heterocycles. The summed E-state index contributed by atoms with van der Waals surface area (Å²) < 4.78 is 45.5. The first kappa shape index (κ1) is 15.4. The Morgan fingerprint density at radius 2 is 1.96 bits per heavy atom. The summed E-state index contributed by atoms with van der Waals surface area (Å²) in [5, 5.41) is 21.0. The van der Waals surface area contributed by atoms with Gasteiger partial charge in [-0.15, -0.1) is 0 Å². The Kier molecular flexibility index (Phi) is 2.88. The van der Waals surface area contributed by atoms with E-state index in [9.17, 15) is 23.4 Å². The molecule has 0 saturated carbocycles. The van der Waals surface area contributed by atoms with Gasteiger partial charge < -0.3 is 14.9 Å². The van der Waals surface area contributed by atoms with Gasteiger partial charge in [0.2, 0.25) is 11.8 Å². The lowest BCUT2D eigenvalue weighted by Crippen LogP contribution is -2.15. The maximum absolute atomic E-state index is 13.0. The van der Waals surface area contributed by atoms with Gasteiger partial charge >= 0.3 is 6.18 Å². The Morgan fingerprint density at radius 1 is 1.25 bits per heavy atom. The summed E-state index contributed by atoms with van der Waals surface area (Å²) in [5.41, 5.74) is -1.34. The number of benzene rings is 1. The minimum absolute atomic E-state index is 0.0337. The summed E-state index contributed by atoms with van der Waals surface area (Å²) in [5.74, 6) is -0.778. The molecule has 4 rings (SSSR count). The normalized spacial score (nSPS) is 24.6. The maximum atomic E-state index is 13.0. The second-order valence-electron chi connectivity index (χ2n) is 5.94. The monoisotopic (exact) mass is 357 g/mol. The van der Waals surface area contributed by atoms with Crippen molar-refractivity contribution in [2.45, 2.75) is 24.8 Å². The molecule has 0 spiro atoms. The van der Waals surface area contributed by atoms with E-state index in [2.05, 4.69) is 0 Å². The molecule has 4 nitrogen and oxygen atoms in total. The minimum atomic E-state index is -4.57. The van der Waals surface area contributed by atoms with E-state index in [0.29, 0.717) is 11.1 Å². The van der Waals surface area contributed by atoms with Crippen molar-refractivity contribution in [2.75, 3.05) is 0 Å². The molecule has 0 radical (unpaired) electrons. The van der Waals surface area contributed by atoms with Gasteiger partial charge in [-0.25, -0.2) is 4.57 Å². The van der Waals surface area contributed by atoms with Crippen molar-refractivity contribution in [3.8, 4) is 17.4 Å². The van der Waals surface area contributed by atoms with E-state index in [1.165, 1.54) is 0 Å². The molecule has 2 aliphatic rings. The fourth-order valence-electron chi connectivity index (χ4n) is 3.32. The second-order valence-corrected chi connectivity index (χ2v) is 6.35. The van der Waals surface area contributed by atoms with Crippen LogP contribution in [0.1, 0.15) is 29.7 Å². The molecule has 24 heavy (non-hydrogen) atoms. The standard InChI is InChI=1S/C16H11ClF3NO3/c1-15-5-4-10(24-15)11-12(15)14(23)21(13(11)22)9-6-7(16(18,19)20)2-3-8(9)17/h2-6,10,22-23H,1H3. The van der Waals surface area contributed by atoms with Gasteiger partial charge in [-0.1, -0.05) is 17.7 Å². The van der Waals surface area contributed by atoms with Crippen LogP contribution >= 0.6 is 11.6 Å². The Morgan fingerprint density at radius 3 is 2.58 bits per heavy atom. The highest BCUT2D eigenvalue weighted by molar-refractivity contribution is 6.32. The van der Waals surface area contributed by atoms with Crippen LogP contribution in [0.2, 0.25) is 5.02 Å². The van der Waals surface area contributed by atoms with Gasteiger partial charge in [0, 0.05) is 0 Å². The molecule has 0 saturated heterocycles. The molecule has 1 aromatic carbocycles. The summed E-state index contributed by atoms with van der Waals surface area (Å²) in [6.07, 6.45) is -1.67. The molecule has 2 N–H and O–H groups in total. The molecule has 8 heteroatoms. The average Bonchev–Trinajstić information content (AvgIpc) is 3.08. The summed E-state index contributed by atoms with van der Waals surface area (Å²) in [4.78, 5) is 0. The van der Waals surface area contributed by atoms with Gasteiger partial charge in [-0.3, -0.25) is 0 Å². The zero-order valence-electron chi connectivity index (χ0n) is 12.2. The Hall–Kier alpha value is -2.12. The summed E-state index contributed by atoms with van der Waals surface area (Å²) in [6.45, 7) is 1.70. The van der Waals surface area contributed by atoms with Gasteiger partial charge in [0.1, 0.15) is 11.7 Å². The van der Waals surface area contributed by atoms with Crippen molar-refractivity contribution >= 4 is 11.6 Å². The molecule has 2 bridgehead atoms. The molecule has 0 amide bonds. The van der Waals surface area contributed by atoms with Crippen molar-refractivity contribution in [1.29, 1.82) is 0 Å². The largest absolute Gasteiger partial charge is 0.494 e. The summed E-state index contributed by atoms with van der Waals surface area (Å²) in [7, 11) is 0. The predicted octanol–water partition coefficient (Wildman–Crippen LogP) is 4.42. The fourth-order valence-corrected chi connectivity index (χ4v) is 3.53. The first-order valence-corrected chi connectivity index (χ1v) is 7.42. The zero-order valence-corrected chi connectivity index (χ0v) is 13.0. The lowest BCUT2D eigenvalue weighted by atomic mass is 9.91. The smallest absolute Gasteiger partial charge is 0.416 e. The van der Waals surface area contributed by atoms with Crippen LogP contribution in [-0.2, 0) is 16.5 Å². The van der Waals surface area contributed by atoms with Gasteiger partial charge in [0.05, 0.1) is 27.4 Å². The van der Waals surface area contributed by atoms with Gasteiger partial charge in [-0.2, -0.15) is 13.2 Å². The maximum Gasteiger partial charge on any atom is 0.416 e. The van der Waals surface area contributed by atoms with E-state index >= 15 is 0 Å². The highest BCUT2D eigenvalue weighted by Gasteiger charge is 2.50. The van der Waals surface area contributed by atoms with E-state index in [4.69, 9.17) is 16.3 Å². The lowest BCUT2D eigenvalue weighted by Gasteiger charge is -2.18. The number of nitrogens with zero attached hydrogens (tertiary/aromatic N) is 1. The molecule has 2 unspecified atom stereocenters. The van der Waals surface area contributed by atoms with Crippen molar-refractivity contribution in [1.82, 2.24) is 4.57 Å². The van der Waals surface area contributed by atoms with E-state index in [1.807, 2.05) is 0 Å². The molecule has 2 aromatic rings. The van der Waals surface area contributed by atoms with Crippen LogP contribution in [0.15, 0.2) is 30.4 Å². The highest BCUT2D eigenvalue weighted by atomic mass is 35.5. The topological polar surface area (TPSA) is 54.6 Å². The molecule has 126 valence electrons. The van der Waals surface area contributed by atoms with Gasteiger partial charge in [0.25, 0.3) is 0 Å². The zero-order chi connectivity index (χ0) is 17.4. The van der Waals surface area contributed by atoms with Crippen LogP contribution in [0.3, 0.4) is 0 Å². The Balaban J connectivity index is 1.97. The number of aromatic hydroxyl groups is 2. The van der Waals surface area contributed by atoms with Gasteiger partial charge in [-0.05, 0) is 31.2 Å². The third-order valence-corrected chi connectivity index (χ3v) is 4.73. The quantitative estimate of drug-likeness (QED) is 0.743. The fraction of sp³-hybridized carbons (Fsp3) is 0.250. The third kappa shape index (κ3) is 1.85. The molecule has 3 heterocycles. The number of ether oxygens (including phenoxy) is 1. The molecular formula is C16H11ClF3NO3. The van der Waals surface area contributed by atoms with Crippen molar-refractivity contribution in [2.24, 2.45) is 0 Å². The van der Waals surface area contributed by atoms with Crippen LogP contribution < -0.4 is 0 Å². The first-order valence-electron chi connectivity index (χ1n) is 7.05. The van der Waals surface area contributed by atoms with Crippen LogP contribution in [0.25, 0.3) is 5.69 Å². The van der Waals surface area contributed by atoms with E-state index in [-0.39, 0.29) is 16.6 Å². The Labute approximate surface area is 139 Å². The predicted molar refractivity (Wildman–Crippen MR) is 79.4 cm³/mol. The number of halogens is 4. The summed E-state index contributed by atoms with van der Waals surface area (Å²) >= 11 is 6.01. The van der Waals surface area contributed by atoms with Crippen LogP contribution in [0.5, 0.6) is 11.8 Å². The molecular weight excluding hydrogens is 347 g/mol. The van der Waals surface area contributed by atoms with Crippen molar-refractivity contribution < 1.29 is 28.1 Å². The molecule has 0 aliphatic carbocycles. The van der Waals surface area contributed by atoms with Crippen LogP contribution in [-0.4, -0.2) is 14.8 Å². The second kappa shape index (κ2) is 4.49. The number of hydrogen-bond acceptors (Lipinski definition) is 3. The van der Waals surface area contributed by atoms with Crippen molar-refractivity contribution in [3.63, 3.8) is 0 Å².